The molecule has 3 atom stereocenters. The van der Waals surface area contributed by atoms with E-state index in [1.165, 1.54) is 57.9 Å². The predicted octanol–water partition coefficient (Wildman–Crippen LogP) is 2.77. The maximum absolute atomic E-state index is 11.3. The number of fused-ring (bicyclic) bond motifs is 1. The van der Waals surface area contributed by atoms with Crippen LogP contribution in [0.15, 0.2) is 17.1 Å². The number of aliphatic imine (C=N–C) groups is 1. The zero-order chi connectivity index (χ0) is 22.5. The lowest BCUT2D eigenvalue weighted by atomic mass is 10.0. The van der Waals surface area contributed by atoms with Crippen LogP contribution in [0.4, 0.5) is 0 Å². The summed E-state index contributed by atoms with van der Waals surface area (Å²) in [6, 6.07) is 0. The smallest absolute Gasteiger partial charge is 0.185 e. The topological polar surface area (TPSA) is 92.3 Å². The predicted molar refractivity (Wildman–Crippen MR) is 131 cm³/mol. The van der Waals surface area contributed by atoms with Gasteiger partial charge in [-0.1, -0.05) is 65.2 Å². The van der Waals surface area contributed by atoms with Crippen LogP contribution < -0.4 is 16.4 Å². The molecule has 0 aliphatic carbocycles. The number of hydrogen-bond acceptors (Lipinski definition) is 3. The fourth-order valence-corrected chi connectivity index (χ4v) is 5.17. The Labute approximate surface area is 191 Å². The Bertz CT molecular complexity index is 546. The van der Waals surface area contributed by atoms with Gasteiger partial charge in [-0.2, -0.15) is 0 Å². The average molecular weight is 437 g/mol. The summed E-state index contributed by atoms with van der Waals surface area (Å²) in [6.07, 6.45) is 20.7. The molecule has 0 amide bonds. The molecule has 1 saturated heterocycles. The zero-order valence-electron chi connectivity index (χ0n) is 20.3. The van der Waals surface area contributed by atoms with Gasteiger partial charge >= 0.3 is 0 Å². The Hall–Kier alpha value is -1.11. The largest absolute Gasteiger partial charge is 0.372 e. The molecule has 0 saturated carbocycles. The molecule has 3 unspecified atom stereocenters. The van der Waals surface area contributed by atoms with Crippen molar-refractivity contribution in [1.82, 2.24) is 4.90 Å². The van der Waals surface area contributed by atoms with Gasteiger partial charge in [-0.25, -0.2) is 4.90 Å². The molecule has 0 aromatic rings. The number of unbranched alkanes of at least 4 members (excludes halogenated alkanes) is 8. The van der Waals surface area contributed by atoms with Crippen LogP contribution in [0.5, 0.6) is 0 Å². The number of nitrogens with zero attached hydrogens (tertiary/aromatic N) is 2. The maximum atomic E-state index is 11.3. The van der Waals surface area contributed by atoms with Crippen molar-refractivity contribution in [2.75, 3.05) is 26.2 Å². The average Bonchev–Trinajstić information content (AvgIpc) is 3.06. The van der Waals surface area contributed by atoms with Crippen LogP contribution in [-0.4, -0.2) is 54.0 Å². The Kier molecular flexibility index (Phi) is 11.9. The lowest BCUT2D eigenvalue weighted by molar-refractivity contribution is -0.937. The van der Waals surface area contributed by atoms with Gasteiger partial charge in [-0.15, -0.1) is 0 Å². The van der Waals surface area contributed by atoms with E-state index in [-0.39, 0.29) is 5.96 Å². The Morgan fingerprint density at radius 2 is 1.74 bits per heavy atom. The minimum atomic E-state index is -0.731. The number of nitrogens with one attached hydrogen (secondary N) is 1. The number of aliphatic hydroxyl groups is 1. The number of hydrogen-bond donors (Lipinski definition) is 4. The lowest BCUT2D eigenvalue weighted by Gasteiger charge is -2.42. The molecule has 2 heterocycles. The van der Waals surface area contributed by atoms with E-state index in [0.717, 1.165) is 51.1 Å². The molecule has 0 aromatic carbocycles. The van der Waals surface area contributed by atoms with Crippen molar-refractivity contribution < 1.29 is 10.0 Å². The molecule has 0 aromatic heterocycles. The Morgan fingerprint density at radius 3 is 2.42 bits per heavy atom. The van der Waals surface area contributed by atoms with Gasteiger partial charge in [0.1, 0.15) is 5.72 Å². The summed E-state index contributed by atoms with van der Waals surface area (Å²) in [7, 11) is 0. The number of quaternary nitrogens is 1. The van der Waals surface area contributed by atoms with Crippen LogP contribution in [0.2, 0.25) is 0 Å². The molecule has 2 aliphatic heterocycles. The van der Waals surface area contributed by atoms with Gasteiger partial charge in [0.15, 0.2) is 12.1 Å². The lowest BCUT2D eigenvalue weighted by Crippen LogP contribution is -3.18. The summed E-state index contributed by atoms with van der Waals surface area (Å²) < 4.78 is 0. The first-order valence-corrected chi connectivity index (χ1v) is 13.0. The van der Waals surface area contributed by atoms with E-state index >= 15 is 0 Å². The molecule has 0 bridgehead atoms. The Morgan fingerprint density at radius 1 is 1.06 bits per heavy atom. The van der Waals surface area contributed by atoms with Crippen LogP contribution >= 0.6 is 0 Å². The molecule has 2 rings (SSSR count). The van der Waals surface area contributed by atoms with E-state index in [4.69, 9.17) is 11.5 Å². The monoisotopic (exact) mass is 436 g/mol. The van der Waals surface area contributed by atoms with Crippen molar-refractivity contribution >= 4 is 5.96 Å². The molecule has 0 radical (unpaired) electrons. The van der Waals surface area contributed by atoms with Crippen LogP contribution in [0.25, 0.3) is 0 Å². The SMILES string of the molecule is CC(C)CCCCCCCCCCC1(O)C=CC2N1CCC[NH+]2CCCCN=C(N)N. The van der Waals surface area contributed by atoms with Crippen molar-refractivity contribution in [3.05, 3.63) is 12.2 Å². The maximum Gasteiger partial charge on any atom is 0.185 e. The van der Waals surface area contributed by atoms with Crippen LogP contribution in [0.1, 0.15) is 97.3 Å². The Balaban J connectivity index is 1.59. The highest BCUT2D eigenvalue weighted by atomic mass is 16.3. The van der Waals surface area contributed by atoms with E-state index in [1.807, 2.05) is 0 Å². The second-order valence-electron chi connectivity index (χ2n) is 10.2. The second-order valence-corrected chi connectivity index (χ2v) is 10.2. The third kappa shape index (κ3) is 9.50. The summed E-state index contributed by atoms with van der Waals surface area (Å²) in [6.45, 7) is 8.63. The van der Waals surface area contributed by atoms with Crippen LogP contribution in [0, 0.1) is 5.92 Å². The normalized spacial score (nSPS) is 25.8. The van der Waals surface area contributed by atoms with Crippen molar-refractivity contribution in [2.24, 2.45) is 22.4 Å². The first-order chi connectivity index (χ1) is 14.9. The minimum absolute atomic E-state index is 0.182. The standard InChI is InChI=1S/C25H49N5O/c1-22(2)14-9-7-5-3-4-6-8-10-16-25(31)17-15-23-29(20-13-21-30(23)25)19-12-11-18-28-24(26)27/h15,17,22-23,31H,3-14,16,18-21H2,1-2H3,(H4,26,27,28)/p+1. The highest BCUT2D eigenvalue weighted by molar-refractivity contribution is 5.75. The van der Waals surface area contributed by atoms with Gasteiger partial charge in [0.25, 0.3) is 0 Å². The molecule has 6 nitrogen and oxygen atoms in total. The summed E-state index contributed by atoms with van der Waals surface area (Å²) in [5.74, 6) is 1.03. The molecule has 180 valence electrons. The molecule has 0 spiro atoms. The van der Waals surface area contributed by atoms with Gasteiger partial charge in [0, 0.05) is 19.5 Å². The third-order valence-electron chi connectivity index (χ3n) is 6.97. The molecule has 1 fully saturated rings. The van der Waals surface area contributed by atoms with Gasteiger partial charge < -0.3 is 21.5 Å². The number of nitrogens with two attached hydrogens (primary N) is 2. The van der Waals surface area contributed by atoms with Gasteiger partial charge in [-0.05, 0) is 43.8 Å². The van der Waals surface area contributed by atoms with Gasteiger partial charge in [-0.3, -0.25) is 4.99 Å². The molecule has 2 aliphatic rings. The van der Waals surface area contributed by atoms with E-state index in [0.29, 0.717) is 12.7 Å². The number of guanidine groups is 1. The molecular formula is C25H50N5O+. The molecule has 6 heteroatoms. The minimum Gasteiger partial charge on any atom is -0.372 e. The highest BCUT2D eigenvalue weighted by Gasteiger charge is 2.46. The van der Waals surface area contributed by atoms with E-state index in [2.05, 4.69) is 35.9 Å². The summed E-state index contributed by atoms with van der Waals surface area (Å²) >= 11 is 0. The van der Waals surface area contributed by atoms with Gasteiger partial charge in [0.05, 0.1) is 13.1 Å². The molecule has 31 heavy (non-hydrogen) atoms. The summed E-state index contributed by atoms with van der Waals surface area (Å²) in [4.78, 5) is 7.99. The van der Waals surface area contributed by atoms with E-state index in [9.17, 15) is 5.11 Å². The van der Waals surface area contributed by atoms with Crippen molar-refractivity contribution in [1.29, 1.82) is 0 Å². The first kappa shape index (κ1) is 26.1. The summed E-state index contributed by atoms with van der Waals surface area (Å²) in [5.41, 5.74) is 10.1. The van der Waals surface area contributed by atoms with Crippen molar-refractivity contribution in [3.63, 3.8) is 0 Å². The zero-order valence-corrected chi connectivity index (χ0v) is 20.3. The highest BCUT2D eigenvalue weighted by Crippen LogP contribution is 2.30. The van der Waals surface area contributed by atoms with E-state index in [1.54, 1.807) is 4.90 Å². The first-order valence-electron chi connectivity index (χ1n) is 13.0. The fraction of sp³-hybridized carbons (Fsp3) is 0.880. The van der Waals surface area contributed by atoms with Crippen molar-refractivity contribution in [3.8, 4) is 0 Å². The quantitative estimate of drug-likeness (QED) is 0.130. The second kappa shape index (κ2) is 14.1. The third-order valence-corrected chi connectivity index (χ3v) is 6.97. The molecular weight excluding hydrogens is 386 g/mol. The number of rotatable bonds is 16. The van der Waals surface area contributed by atoms with Crippen molar-refractivity contribution in [2.45, 2.75) is 109 Å². The van der Waals surface area contributed by atoms with Gasteiger partial charge in [0.2, 0.25) is 0 Å². The van der Waals surface area contributed by atoms with E-state index < -0.39 is 5.72 Å². The molecule has 6 N–H and O–H groups in total. The van der Waals surface area contributed by atoms with Crippen LogP contribution in [-0.2, 0) is 0 Å². The summed E-state index contributed by atoms with van der Waals surface area (Å²) in [5, 5.41) is 11.3. The fourth-order valence-electron chi connectivity index (χ4n) is 5.17. The van der Waals surface area contributed by atoms with Crippen LogP contribution in [0.3, 0.4) is 0 Å².